The second-order valence-electron chi connectivity index (χ2n) is 3.86. The van der Waals surface area contributed by atoms with Gasteiger partial charge < -0.3 is 5.32 Å². The van der Waals surface area contributed by atoms with Crippen LogP contribution in [-0.2, 0) is 11.8 Å². The number of nitrogens with one attached hydrogen (secondary N) is 1. The number of rotatable bonds is 5. The SMILES string of the molecule is Cc1nn(C)c(C)c1NC(=O)CCCCCl. The van der Waals surface area contributed by atoms with Crippen LogP contribution in [0.15, 0.2) is 0 Å². The lowest BCUT2D eigenvalue weighted by Crippen LogP contribution is -2.12. The number of halogens is 1. The number of carbonyl (C=O) groups excluding carboxylic acids is 1. The minimum atomic E-state index is 0.0318. The number of aryl methyl sites for hydroxylation is 2. The average molecular weight is 244 g/mol. The maximum absolute atomic E-state index is 11.6. The van der Waals surface area contributed by atoms with Crippen molar-refractivity contribution in [1.29, 1.82) is 0 Å². The van der Waals surface area contributed by atoms with Gasteiger partial charge in [0.1, 0.15) is 0 Å². The van der Waals surface area contributed by atoms with Crippen molar-refractivity contribution in [3.05, 3.63) is 11.4 Å². The monoisotopic (exact) mass is 243 g/mol. The molecule has 0 fully saturated rings. The number of anilines is 1. The van der Waals surface area contributed by atoms with Gasteiger partial charge in [-0.15, -0.1) is 11.6 Å². The molecular weight excluding hydrogens is 226 g/mol. The molecule has 1 heterocycles. The van der Waals surface area contributed by atoms with E-state index in [1.54, 1.807) is 4.68 Å². The number of hydrogen-bond acceptors (Lipinski definition) is 2. The van der Waals surface area contributed by atoms with Gasteiger partial charge in [-0.05, 0) is 26.7 Å². The molecule has 5 heteroatoms. The Morgan fingerprint density at radius 2 is 2.12 bits per heavy atom. The topological polar surface area (TPSA) is 46.9 Å². The molecule has 0 spiro atoms. The minimum Gasteiger partial charge on any atom is -0.323 e. The van der Waals surface area contributed by atoms with Crippen molar-refractivity contribution in [3.8, 4) is 0 Å². The molecule has 1 rings (SSSR count). The normalized spacial score (nSPS) is 10.5. The third-order valence-corrected chi connectivity index (χ3v) is 2.83. The molecule has 0 radical (unpaired) electrons. The molecule has 0 aliphatic rings. The lowest BCUT2D eigenvalue weighted by molar-refractivity contribution is -0.116. The number of nitrogens with zero attached hydrogens (tertiary/aromatic N) is 2. The Bertz CT molecular complexity index is 374. The summed E-state index contributed by atoms with van der Waals surface area (Å²) in [7, 11) is 1.87. The van der Waals surface area contributed by atoms with Crippen molar-refractivity contribution in [3.63, 3.8) is 0 Å². The van der Waals surface area contributed by atoms with Gasteiger partial charge in [0.05, 0.1) is 17.1 Å². The maximum Gasteiger partial charge on any atom is 0.224 e. The summed E-state index contributed by atoms with van der Waals surface area (Å²) in [6.45, 7) is 3.83. The van der Waals surface area contributed by atoms with Crippen molar-refractivity contribution in [2.75, 3.05) is 11.2 Å². The number of alkyl halides is 1. The summed E-state index contributed by atoms with van der Waals surface area (Å²) < 4.78 is 1.77. The lowest BCUT2D eigenvalue weighted by atomic mass is 10.2. The van der Waals surface area contributed by atoms with E-state index in [-0.39, 0.29) is 5.91 Å². The Labute approximate surface area is 101 Å². The van der Waals surface area contributed by atoms with Crippen molar-refractivity contribution in [2.45, 2.75) is 33.1 Å². The van der Waals surface area contributed by atoms with Gasteiger partial charge in [-0.1, -0.05) is 0 Å². The first-order chi connectivity index (χ1) is 7.56. The van der Waals surface area contributed by atoms with E-state index in [0.717, 1.165) is 29.9 Å². The highest BCUT2D eigenvalue weighted by molar-refractivity contribution is 6.17. The number of hydrogen-bond donors (Lipinski definition) is 1. The van der Waals surface area contributed by atoms with Gasteiger partial charge in [0.25, 0.3) is 0 Å². The van der Waals surface area contributed by atoms with Crippen LogP contribution in [0.25, 0.3) is 0 Å². The van der Waals surface area contributed by atoms with Crippen LogP contribution in [0.1, 0.15) is 30.7 Å². The molecule has 0 aliphatic carbocycles. The van der Waals surface area contributed by atoms with Crippen molar-refractivity contribution >= 4 is 23.2 Å². The molecule has 0 atom stereocenters. The second-order valence-corrected chi connectivity index (χ2v) is 4.24. The van der Waals surface area contributed by atoms with Gasteiger partial charge in [0, 0.05) is 19.3 Å². The zero-order valence-corrected chi connectivity index (χ0v) is 10.8. The van der Waals surface area contributed by atoms with Gasteiger partial charge in [-0.3, -0.25) is 9.48 Å². The number of unbranched alkanes of at least 4 members (excludes halogenated alkanes) is 1. The molecule has 1 aromatic heterocycles. The maximum atomic E-state index is 11.6. The third-order valence-electron chi connectivity index (χ3n) is 2.56. The van der Waals surface area contributed by atoms with Gasteiger partial charge in [-0.2, -0.15) is 5.10 Å². The fourth-order valence-electron chi connectivity index (χ4n) is 1.54. The first-order valence-electron chi connectivity index (χ1n) is 5.42. The molecule has 0 unspecified atom stereocenters. The van der Waals surface area contributed by atoms with Gasteiger partial charge >= 0.3 is 0 Å². The van der Waals surface area contributed by atoms with E-state index < -0.39 is 0 Å². The average Bonchev–Trinajstić information content (AvgIpc) is 2.46. The van der Waals surface area contributed by atoms with Crippen LogP contribution in [0.5, 0.6) is 0 Å². The van der Waals surface area contributed by atoms with E-state index in [1.165, 1.54) is 0 Å². The lowest BCUT2D eigenvalue weighted by Gasteiger charge is -2.05. The van der Waals surface area contributed by atoms with Crippen LogP contribution in [0.3, 0.4) is 0 Å². The standard InChI is InChI=1S/C11H18ClN3O/c1-8-11(9(2)15(3)14-8)13-10(16)6-4-5-7-12/h4-7H2,1-3H3,(H,13,16). The van der Waals surface area contributed by atoms with Crippen LogP contribution in [0.4, 0.5) is 5.69 Å². The third kappa shape index (κ3) is 3.23. The predicted molar refractivity (Wildman–Crippen MR) is 65.9 cm³/mol. The first kappa shape index (κ1) is 13.0. The van der Waals surface area contributed by atoms with Crippen molar-refractivity contribution in [2.24, 2.45) is 7.05 Å². The molecule has 1 amide bonds. The Hall–Kier alpha value is -1.03. The van der Waals surface area contributed by atoms with Gasteiger partial charge in [0.15, 0.2) is 0 Å². The second kappa shape index (κ2) is 5.89. The van der Waals surface area contributed by atoms with Crippen molar-refractivity contribution in [1.82, 2.24) is 9.78 Å². The van der Waals surface area contributed by atoms with Crippen LogP contribution < -0.4 is 5.32 Å². The van der Waals surface area contributed by atoms with E-state index in [1.807, 2.05) is 20.9 Å². The molecular formula is C11H18ClN3O. The Morgan fingerprint density at radius 3 is 2.62 bits per heavy atom. The van der Waals surface area contributed by atoms with Crippen LogP contribution in [0.2, 0.25) is 0 Å². The molecule has 0 saturated carbocycles. The van der Waals surface area contributed by atoms with E-state index in [0.29, 0.717) is 12.3 Å². The summed E-state index contributed by atoms with van der Waals surface area (Å²) >= 11 is 5.55. The van der Waals surface area contributed by atoms with Crippen LogP contribution in [0, 0.1) is 13.8 Å². The highest BCUT2D eigenvalue weighted by Crippen LogP contribution is 2.18. The van der Waals surface area contributed by atoms with Gasteiger partial charge in [0.2, 0.25) is 5.91 Å². The smallest absolute Gasteiger partial charge is 0.224 e. The van der Waals surface area contributed by atoms with E-state index in [2.05, 4.69) is 10.4 Å². The summed E-state index contributed by atoms with van der Waals surface area (Å²) in [5.41, 5.74) is 2.66. The van der Waals surface area contributed by atoms with Crippen molar-refractivity contribution < 1.29 is 4.79 Å². The Kier molecular flexibility index (Phi) is 4.80. The molecule has 1 aromatic rings. The van der Waals surface area contributed by atoms with Gasteiger partial charge in [-0.25, -0.2) is 0 Å². The summed E-state index contributed by atoms with van der Waals surface area (Å²) in [6.07, 6.45) is 2.22. The fourth-order valence-corrected chi connectivity index (χ4v) is 1.73. The van der Waals surface area contributed by atoms with E-state index in [9.17, 15) is 4.79 Å². The molecule has 0 aliphatic heterocycles. The molecule has 0 bridgehead atoms. The van der Waals surface area contributed by atoms with Crippen LogP contribution >= 0.6 is 11.6 Å². The Balaban J connectivity index is 2.56. The zero-order chi connectivity index (χ0) is 12.1. The number of aromatic nitrogens is 2. The summed E-state index contributed by atoms with van der Waals surface area (Å²) in [4.78, 5) is 11.6. The minimum absolute atomic E-state index is 0.0318. The highest BCUT2D eigenvalue weighted by atomic mass is 35.5. The number of carbonyl (C=O) groups is 1. The predicted octanol–water partition coefficient (Wildman–Crippen LogP) is 2.38. The molecule has 16 heavy (non-hydrogen) atoms. The number of amides is 1. The summed E-state index contributed by atoms with van der Waals surface area (Å²) in [5, 5.41) is 7.13. The molecule has 90 valence electrons. The van der Waals surface area contributed by atoms with E-state index >= 15 is 0 Å². The largest absolute Gasteiger partial charge is 0.323 e. The van der Waals surface area contributed by atoms with E-state index in [4.69, 9.17) is 11.6 Å². The molecule has 0 aromatic carbocycles. The molecule has 0 saturated heterocycles. The highest BCUT2D eigenvalue weighted by Gasteiger charge is 2.11. The Morgan fingerprint density at radius 1 is 1.44 bits per heavy atom. The summed E-state index contributed by atoms with van der Waals surface area (Å²) in [6, 6.07) is 0. The molecule has 4 nitrogen and oxygen atoms in total. The molecule has 1 N–H and O–H groups in total. The van der Waals surface area contributed by atoms with Crippen LogP contribution in [-0.4, -0.2) is 21.6 Å². The first-order valence-corrected chi connectivity index (χ1v) is 5.95. The summed E-state index contributed by atoms with van der Waals surface area (Å²) in [5.74, 6) is 0.641. The quantitative estimate of drug-likeness (QED) is 0.638. The fraction of sp³-hybridized carbons (Fsp3) is 0.636. The zero-order valence-electron chi connectivity index (χ0n) is 10.0.